The van der Waals surface area contributed by atoms with Gasteiger partial charge in [-0.1, -0.05) is 30.0 Å². The third kappa shape index (κ3) is 5.46. The van der Waals surface area contributed by atoms with Gasteiger partial charge in [-0.2, -0.15) is 0 Å². The van der Waals surface area contributed by atoms with Gasteiger partial charge in [0.15, 0.2) is 5.16 Å². The molecular weight excluding hydrogens is 392 g/mol. The van der Waals surface area contributed by atoms with E-state index in [-0.39, 0.29) is 11.7 Å². The molecule has 146 valence electrons. The van der Waals surface area contributed by atoms with Crippen LogP contribution in [0, 0.1) is 13.8 Å². The predicted molar refractivity (Wildman–Crippen MR) is 113 cm³/mol. The van der Waals surface area contributed by atoms with Gasteiger partial charge in [0.05, 0.1) is 11.4 Å². The first-order chi connectivity index (χ1) is 13.5. The third-order valence-corrected chi connectivity index (χ3v) is 5.96. The van der Waals surface area contributed by atoms with Crippen LogP contribution in [0.1, 0.15) is 16.0 Å². The number of carbonyl (C=O) groups is 2. The molecule has 0 fully saturated rings. The molecule has 0 saturated heterocycles. The Morgan fingerprint density at radius 1 is 1.25 bits per heavy atom. The fourth-order valence-electron chi connectivity index (χ4n) is 2.65. The van der Waals surface area contributed by atoms with Crippen molar-refractivity contribution in [3.05, 3.63) is 64.1 Å². The van der Waals surface area contributed by atoms with E-state index in [1.165, 1.54) is 16.6 Å². The highest BCUT2D eigenvalue weighted by Gasteiger charge is 2.12. The van der Waals surface area contributed by atoms with Crippen LogP contribution < -0.4 is 10.6 Å². The zero-order chi connectivity index (χ0) is 19.9. The zero-order valence-electron chi connectivity index (χ0n) is 15.8. The zero-order valence-corrected chi connectivity index (χ0v) is 17.4. The van der Waals surface area contributed by atoms with E-state index in [0.29, 0.717) is 11.7 Å². The first kappa shape index (κ1) is 20.2. The summed E-state index contributed by atoms with van der Waals surface area (Å²) in [5.41, 5.74) is 3.31. The van der Waals surface area contributed by atoms with Gasteiger partial charge in [-0.25, -0.2) is 9.78 Å². The van der Waals surface area contributed by atoms with Gasteiger partial charge in [-0.15, -0.1) is 11.3 Å². The van der Waals surface area contributed by atoms with Crippen molar-refractivity contribution in [1.82, 2.24) is 20.2 Å². The largest absolute Gasteiger partial charge is 0.337 e. The maximum Gasteiger partial charge on any atom is 0.321 e. The van der Waals surface area contributed by atoms with Crippen LogP contribution in [0.2, 0.25) is 0 Å². The van der Waals surface area contributed by atoms with Gasteiger partial charge < -0.3 is 5.32 Å². The highest BCUT2D eigenvalue weighted by molar-refractivity contribution is 7.99. The van der Waals surface area contributed by atoms with Crippen LogP contribution in [0.3, 0.4) is 0 Å². The molecule has 0 aliphatic heterocycles. The van der Waals surface area contributed by atoms with E-state index < -0.39 is 6.03 Å². The maximum atomic E-state index is 12.1. The van der Waals surface area contributed by atoms with E-state index in [0.717, 1.165) is 23.2 Å². The molecule has 3 rings (SSSR count). The Hall–Kier alpha value is -2.58. The van der Waals surface area contributed by atoms with Crippen LogP contribution >= 0.6 is 23.1 Å². The topological polar surface area (TPSA) is 76.0 Å². The number of nitrogens with one attached hydrogen (secondary N) is 2. The van der Waals surface area contributed by atoms with Crippen molar-refractivity contribution in [2.45, 2.75) is 25.4 Å². The Kier molecular flexibility index (Phi) is 6.89. The minimum absolute atomic E-state index is 0.111. The summed E-state index contributed by atoms with van der Waals surface area (Å²) < 4.78 is 1.96. The van der Waals surface area contributed by atoms with E-state index in [4.69, 9.17) is 0 Å². The lowest BCUT2D eigenvalue weighted by Crippen LogP contribution is -2.41. The van der Waals surface area contributed by atoms with E-state index in [1.807, 2.05) is 42.1 Å². The van der Waals surface area contributed by atoms with Crippen molar-refractivity contribution in [2.75, 3.05) is 12.3 Å². The molecule has 2 N–H and O–H groups in total. The molecule has 28 heavy (non-hydrogen) atoms. The van der Waals surface area contributed by atoms with Gasteiger partial charge in [0.1, 0.15) is 0 Å². The summed E-state index contributed by atoms with van der Waals surface area (Å²) in [6.07, 6.45) is 4.33. The summed E-state index contributed by atoms with van der Waals surface area (Å²) in [5, 5.41) is 7.77. The Bertz CT molecular complexity index is 951. The minimum Gasteiger partial charge on any atom is -0.337 e. The first-order valence-corrected chi connectivity index (χ1v) is 10.7. The summed E-state index contributed by atoms with van der Waals surface area (Å²) in [5.74, 6) is -0.241. The number of thiophene rings is 1. The Morgan fingerprint density at radius 3 is 2.89 bits per heavy atom. The van der Waals surface area contributed by atoms with Crippen LogP contribution in [0.4, 0.5) is 4.79 Å². The minimum atomic E-state index is -0.472. The van der Waals surface area contributed by atoms with E-state index >= 15 is 0 Å². The van der Waals surface area contributed by atoms with Crippen LogP contribution in [-0.2, 0) is 11.2 Å². The van der Waals surface area contributed by atoms with Crippen molar-refractivity contribution in [3.63, 3.8) is 0 Å². The number of amides is 3. The molecule has 8 heteroatoms. The summed E-state index contributed by atoms with van der Waals surface area (Å²) in [7, 11) is 0. The van der Waals surface area contributed by atoms with Gasteiger partial charge in [-0.3, -0.25) is 14.7 Å². The lowest BCUT2D eigenvalue weighted by Gasteiger charge is -2.11. The van der Waals surface area contributed by atoms with Crippen LogP contribution in [0.5, 0.6) is 0 Å². The van der Waals surface area contributed by atoms with Crippen molar-refractivity contribution in [1.29, 1.82) is 0 Å². The summed E-state index contributed by atoms with van der Waals surface area (Å²) >= 11 is 2.94. The van der Waals surface area contributed by atoms with Crippen LogP contribution in [0.15, 0.2) is 53.3 Å². The van der Waals surface area contributed by atoms with E-state index in [9.17, 15) is 9.59 Å². The number of hydrogen-bond donors (Lipinski definition) is 2. The molecule has 0 atom stereocenters. The Labute approximate surface area is 172 Å². The second-order valence-electron chi connectivity index (χ2n) is 6.29. The number of urea groups is 1. The molecule has 0 saturated carbocycles. The summed E-state index contributed by atoms with van der Waals surface area (Å²) in [4.78, 5) is 29.5. The fourth-order valence-corrected chi connectivity index (χ4v) is 4.12. The molecule has 3 aromatic rings. The van der Waals surface area contributed by atoms with Crippen molar-refractivity contribution in [3.8, 4) is 5.69 Å². The van der Waals surface area contributed by atoms with Gasteiger partial charge in [0, 0.05) is 23.8 Å². The standard InChI is InChI=1S/C20H22N4O2S2/c1-14-5-6-15(2)17(12-14)24-10-9-22-20(24)28-13-18(25)23-19(26)21-8-7-16-4-3-11-27-16/h3-6,9-12H,7-8,13H2,1-2H3,(H2,21,23,25,26). The Balaban J connectivity index is 1.49. The average molecular weight is 415 g/mol. The molecule has 0 bridgehead atoms. The highest BCUT2D eigenvalue weighted by Crippen LogP contribution is 2.23. The van der Waals surface area contributed by atoms with Crippen molar-refractivity contribution >= 4 is 35.0 Å². The molecule has 0 radical (unpaired) electrons. The SMILES string of the molecule is Cc1ccc(C)c(-n2ccnc2SCC(=O)NC(=O)NCCc2cccs2)c1. The predicted octanol–water partition coefficient (Wildman–Crippen LogP) is 3.71. The second-order valence-corrected chi connectivity index (χ2v) is 8.27. The highest BCUT2D eigenvalue weighted by atomic mass is 32.2. The number of thioether (sulfide) groups is 1. The van der Waals surface area contributed by atoms with Gasteiger partial charge in [-0.05, 0) is 48.9 Å². The number of imidazole rings is 1. The smallest absolute Gasteiger partial charge is 0.321 e. The molecule has 0 spiro atoms. The number of rotatable bonds is 7. The summed E-state index contributed by atoms with van der Waals surface area (Å²) in [6, 6.07) is 9.73. The average Bonchev–Trinajstić information content (AvgIpc) is 3.33. The van der Waals surface area contributed by atoms with Crippen LogP contribution in [-0.4, -0.2) is 33.8 Å². The molecule has 0 unspecified atom stereocenters. The number of hydrogen-bond acceptors (Lipinski definition) is 5. The number of aromatic nitrogens is 2. The molecule has 6 nitrogen and oxygen atoms in total. The fraction of sp³-hybridized carbons (Fsp3) is 0.250. The van der Waals surface area contributed by atoms with Gasteiger partial charge in [0.25, 0.3) is 0 Å². The Morgan fingerprint density at radius 2 is 2.11 bits per heavy atom. The van der Waals surface area contributed by atoms with Crippen molar-refractivity contribution in [2.24, 2.45) is 0 Å². The lowest BCUT2D eigenvalue weighted by molar-refractivity contribution is -0.117. The van der Waals surface area contributed by atoms with Crippen molar-refractivity contribution < 1.29 is 9.59 Å². The third-order valence-electron chi connectivity index (χ3n) is 4.05. The molecule has 0 aliphatic carbocycles. The quantitative estimate of drug-likeness (QED) is 0.578. The normalized spacial score (nSPS) is 10.6. The van der Waals surface area contributed by atoms with Gasteiger partial charge in [0.2, 0.25) is 5.91 Å². The molecule has 2 aromatic heterocycles. The molecule has 2 heterocycles. The first-order valence-electron chi connectivity index (χ1n) is 8.87. The maximum absolute atomic E-state index is 12.1. The van der Waals surface area contributed by atoms with E-state index in [1.54, 1.807) is 17.5 Å². The lowest BCUT2D eigenvalue weighted by atomic mass is 10.1. The van der Waals surface area contributed by atoms with Gasteiger partial charge >= 0.3 is 6.03 Å². The molecule has 0 aliphatic rings. The number of benzene rings is 1. The number of aryl methyl sites for hydroxylation is 2. The number of imide groups is 1. The molecule has 3 amide bonds. The summed E-state index contributed by atoms with van der Waals surface area (Å²) in [6.45, 7) is 4.57. The molecule has 1 aromatic carbocycles. The molecular formula is C20H22N4O2S2. The number of nitrogens with zero attached hydrogens (tertiary/aromatic N) is 2. The van der Waals surface area contributed by atoms with E-state index in [2.05, 4.69) is 33.8 Å². The van der Waals surface area contributed by atoms with Crippen LogP contribution in [0.25, 0.3) is 5.69 Å². The second kappa shape index (κ2) is 9.57. The monoisotopic (exact) mass is 414 g/mol. The number of carbonyl (C=O) groups excluding carboxylic acids is 2.